The fraction of sp³-hybridized carbons (Fsp3) is 0.647. The average molecular weight is 307 g/mol. The van der Waals surface area contributed by atoms with Crippen LogP contribution >= 0.6 is 0 Å². The summed E-state index contributed by atoms with van der Waals surface area (Å²) in [6.07, 6.45) is 3.31. The van der Waals surface area contributed by atoms with Crippen LogP contribution in [0.25, 0.3) is 0 Å². The molecule has 1 aromatic carbocycles. The predicted molar refractivity (Wildman–Crippen MR) is 84.5 cm³/mol. The minimum atomic E-state index is -3.42. The normalized spacial score (nSPS) is 34.3. The molecular weight excluding hydrogens is 282 g/mol. The molecule has 3 nitrogen and oxygen atoms in total. The number of nitrogens with one attached hydrogen (secondary N) is 1. The van der Waals surface area contributed by atoms with E-state index in [2.05, 4.69) is 25.5 Å². The van der Waals surface area contributed by atoms with Gasteiger partial charge in [0, 0.05) is 6.04 Å². The van der Waals surface area contributed by atoms with Gasteiger partial charge < -0.3 is 0 Å². The minimum Gasteiger partial charge on any atom is -0.207 e. The van der Waals surface area contributed by atoms with Gasteiger partial charge in [-0.1, -0.05) is 38.5 Å². The number of sulfonamides is 1. The van der Waals surface area contributed by atoms with Crippen LogP contribution in [0.1, 0.15) is 45.6 Å². The van der Waals surface area contributed by atoms with Crippen molar-refractivity contribution in [1.82, 2.24) is 4.72 Å². The lowest BCUT2D eigenvalue weighted by Crippen LogP contribution is -2.46. The first kappa shape index (κ1) is 15.0. The molecule has 21 heavy (non-hydrogen) atoms. The van der Waals surface area contributed by atoms with Crippen LogP contribution in [0.15, 0.2) is 29.2 Å². The number of hydrogen-bond acceptors (Lipinski definition) is 2. The van der Waals surface area contributed by atoms with E-state index in [1.807, 2.05) is 19.1 Å². The molecule has 0 saturated heterocycles. The second-order valence-electron chi connectivity index (χ2n) is 7.60. The first-order valence-corrected chi connectivity index (χ1v) is 9.24. The van der Waals surface area contributed by atoms with Gasteiger partial charge in [0.2, 0.25) is 10.0 Å². The summed E-state index contributed by atoms with van der Waals surface area (Å²) in [5, 5.41) is 0. The molecule has 1 aromatic rings. The number of benzene rings is 1. The lowest BCUT2D eigenvalue weighted by molar-refractivity contribution is 0.130. The van der Waals surface area contributed by atoms with Gasteiger partial charge in [0.15, 0.2) is 0 Å². The summed E-state index contributed by atoms with van der Waals surface area (Å²) < 4.78 is 28.2. The maximum atomic E-state index is 12.6. The second kappa shape index (κ2) is 4.56. The molecule has 0 heterocycles. The zero-order valence-electron chi connectivity index (χ0n) is 13.3. The van der Waals surface area contributed by atoms with Crippen molar-refractivity contribution >= 4 is 10.0 Å². The van der Waals surface area contributed by atoms with E-state index in [0.717, 1.165) is 18.4 Å². The fourth-order valence-electron chi connectivity index (χ4n) is 4.35. The van der Waals surface area contributed by atoms with Crippen molar-refractivity contribution in [1.29, 1.82) is 0 Å². The smallest absolute Gasteiger partial charge is 0.207 e. The van der Waals surface area contributed by atoms with E-state index in [1.54, 1.807) is 12.1 Å². The maximum absolute atomic E-state index is 12.6. The summed E-state index contributed by atoms with van der Waals surface area (Å²) in [6.45, 7) is 8.81. The van der Waals surface area contributed by atoms with Gasteiger partial charge in [-0.05, 0) is 55.1 Å². The highest BCUT2D eigenvalue weighted by Crippen LogP contribution is 2.65. The van der Waals surface area contributed by atoms with E-state index in [9.17, 15) is 8.42 Å². The third kappa shape index (κ3) is 2.15. The van der Waals surface area contributed by atoms with Crippen molar-refractivity contribution in [3.8, 4) is 0 Å². The summed E-state index contributed by atoms with van der Waals surface area (Å²) in [7, 11) is -3.42. The Kier molecular flexibility index (Phi) is 3.27. The number of hydrogen-bond donors (Lipinski definition) is 1. The molecule has 2 bridgehead atoms. The van der Waals surface area contributed by atoms with E-state index in [0.29, 0.717) is 10.8 Å². The van der Waals surface area contributed by atoms with Crippen LogP contribution in [0.2, 0.25) is 0 Å². The van der Waals surface area contributed by atoms with Gasteiger partial charge in [0.05, 0.1) is 4.90 Å². The van der Waals surface area contributed by atoms with Crippen molar-refractivity contribution in [3.63, 3.8) is 0 Å². The van der Waals surface area contributed by atoms with Gasteiger partial charge in [0.25, 0.3) is 0 Å². The van der Waals surface area contributed by atoms with Crippen LogP contribution in [-0.2, 0) is 10.0 Å². The van der Waals surface area contributed by atoms with E-state index in [4.69, 9.17) is 0 Å². The summed E-state index contributed by atoms with van der Waals surface area (Å²) in [5.41, 5.74) is 1.35. The molecule has 2 saturated carbocycles. The highest BCUT2D eigenvalue weighted by atomic mass is 32.2. The molecule has 2 aliphatic carbocycles. The minimum absolute atomic E-state index is 0.0533. The average Bonchev–Trinajstić information content (AvgIpc) is 2.72. The molecule has 3 atom stereocenters. The van der Waals surface area contributed by atoms with Crippen LogP contribution in [0, 0.1) is 23.7 Å². The van der Waals surface area contributed by atoms with Gasteiger partial charge in [-0.3, -0.25) is 0 Å². The Balaban J connectivity index is 1.86. The van der Waals surface area contributed by atoms with Crippen LogP contribution < -0.4 is 4.72 Å². The Morgan fingerprint density at radius 2 is 1.76 bits per heavy atom. The Bertz CT molecular complexity index is 648. The van der Waals surface area contributed by atoms with E-state index >= 15 is 0 Å². The lowest BCUT2D eigenvalue weighted by atomic mass is 9.69. The largest absolute Gasteiger partial charge is 0.240 e. The summed E-state index contributed by atoms with van der Waals surface area (Å²) in [6, 6.07) is 7.14. The summed E-state index contributed by atoms with van der Waals surface area (Å²) in [5.74, 6) is 0.633. The van der Waals surface area contributed by atoms with Gasteiger partial charge in [0.1, 0.15) is 0 Å². The molecule has 116 valence electrons. The molecule has 2 aliphatic rings. The number of rotatable bonds is 3. The molecule has 3 rings (SSSR count). The van der Waals surface area contributed by atoms with E-state index < -0.39 is 10.0 Å². The maximum Gasteiger partial charge on any atom is 0.240 e. The molecule has 0 radical (unpaired) electrons. The second-order valence-corrected chi connectivity index (χ2v) is 9.31. The standard InChI is InChI=1S/C17H25NO2S/c1-12-5-7-14(8-6-12)21(19,20)18-15-11-13-9-10-17(15,4)16(13,2)3/h5-8,13,15,18H,9-11H2,1-4H3/t13-,15+,17+/m1/s1. The first-order valence-electron chi connectivity index (χ1n) is 7.76. The molecule has 0 aromatic heterocycles. The van der Waals surface area contributed by atoms with Crippen molar-refractivity contribution in [2.24, 2.45) is 16.7 Å². The van der Waals surface area contributed by atoms with Crippen LogP contribution in [-0.4, -0.2) is 14.5 Å². The summed E-state index contributed by atoms with van der Waals surface area (Å²) >= 11 is 0. The molecular formula is C17H25NO2S. The molecule has 0 aliphatic heterocycles. The molecule has 4 heteroatoms. The summed E-state index contributed by atoms with van der Waals surface area (Å²) in [4.78, 5) is 0.372. The van der Waals surface area contributed by atoms with Crippen molar-refractivity contribution in [2.75, 3.05) is 0 Å². The Labute approximate surface area is 128 Å². The monoisotopic (exact) mass is 307 g/mol. The van der Waals surface area contributed by atoms with E-state index in [-0.39, 0.29) is 16.9 Å². The van der Waals surface area contributed by atoms with Crippen molar-refractivity contribution in [3.05, 3.63) is 29.8 Å². The highest BCUT2D eigenvalue weighted by Gasteiger charge is 2.61. The third-order valence-corrected chi connectivity index (χ3v) is 7.91. The Morgan fingerprint density at radius 3 is 2.24 bits per heavy atom. The van der Waals surface area contributed by atoms with Gasteiger partial charge in [-0.25, -0.2) is 13.1 Å². The SMILES string of the molecule is Cc1ccc(S(=O)(=O)N[C@H]2C[C@H]3CC[C@]2(C)C3(C)C)cc1. The van der Waals surface area contributed by atoms with Crippen molar-refractivity contribution < 1.29 is 8.42 Å². The quantitative estimate of drug-likeness (QED) is 0.929. The molecule has 0 amide bonds. The molecule has 2 fully saturated rings. The third-order valence-electron chi connectivity index (χ3n) is 6.42. The van der Waals surface area contributed by atoms with Gasteiger partial charge in [-0.2, -0.15) is 0 Å². The highest BCUT2D eigenvalue weighted by molar-refractivity contribution is 7.89. The van der Waals surface area contributed by atoms with Gasteiger partial charge >= 0.3 is 0 Å². The predicted octanol–water partition coefficient (Wildman–Crippen LogP) is 3.49. The zero-order chi connectivity index (χ0) is 15.5. The lowest BCUT2D eigenvalue weighted by Gasteiger charge is -2.39. The van der Waals surface area contributed by atoms with E-state index in [1.165, 1.54) is 6.42 Å². The van der Waals surface area contributed by atoms with Crippen LogP contribution in [0.5, 0.6) is 0 Å². The fourth-order valence-corrected chi connectivity index (χ4v) is 5.72. The number of aryl methyl sites for hydroxylation is 1. The van der Waals surface area contributed by atoms with Crippen LogP contribution in [0.3, 0.4) is 0 Å². The zero-order valence-corrected chi connectivity index (χ0v) is 14.1. The van der Waals surface area contributed by atoms with Crippen LogP contribution in [0.4, 0.5) is 0 Å². The molecule has 0 spiro atoms. The molecule has 1 N–H and O–H groups in total. The topological polar surface area (TPSA) is 46.2 Å². The Morgan fingerprint density at radius 1 is 1.14 bits per heavy atom. The first-order chi connectivity index (χ1) is 9.67. The Hall–Kier alpha value is -0.870. The van der Waals surface area contributed by atoms with Crippen molar-refractivity contribution in [2.45, 2.75) is 57.9 Å². The molecule has 0 unspecified atom stereocenters. The number of fused-ring (bicyclic) bond motifs is 2. The van der Waals surface area contributed by atoms with Gasteiger partial charge in [-0.15, -0.1) is 0 Å².